The monoisotopic (exact) mass is 195 g/mol. The smallest absolute Gasteiger partial charge is 0.142 e. The van der Waals surface area contributed by atoms with Crippen LogP contribution in [0.4, 0.5) is 4.39 Å². The van der Waals surface area contributed by atoms with Gasteiger partial charge in [0.25, 0.3) is 0 Å². The summed E-state index contributed by atoms with van der Waals surface area (Å²) >= 11 is 5.69. The van der Waals surface area contributed by atoms with Gasteiger partial charge in [-0.2, -0.15) is 0 Å². The predicted molar refractivity (Wildman–Crippen MR) is 49.4 cm³/mol. The van der Waals surface area contributed by atoms with Crippen LogP contribution >= 0.6 is 11.6 Å². The van der Waals surface area contributed by atoms with Crippen LogP contribution in [0, 0.1) is 11.9 Å². The molecule has 0 spiro atoms. The van der Waals surface area contributed by atoms with Gasteiger partial charge in [0.1, 0.15) is 11.6 Å². The van der Waals surface area contributed by atoms with E-state index >= 15 is 0 Å². The Balaban J connectivity index is 2.87. The zero-order valence-corrected chi connectivity index (χ0v) is 7.27. The number of rotatable bonds is 0. The maximum Gasteiger partial charge on any atom is 0.142 e. The van der Waals surface area contributed by atoms with Crippen LogP contribution in [-0.4, -0.2) is 5.11 Å². The topological polar surface area (TPSA) is 20.2 Å². The average Bonchev–Trinajstić information content (AvgIpc) is 2.12. The normalized spacial score (nSPS) is 10.6. The lowest BCUT2D eigenvalue weighted by Crippen LogP contribution is -1.79. The average molecular weight is 196 g/mol. The fourth-order valence-corrected chi connectivity index (χ4v) is 1.41. The van der Waals surface area contributed by atoms with Crippen molar-refractivity contribution < 1.29 is 9.50 Å². The molecule has 0 aromatic heterocycles. The van der Waals surface area contributed by atoms with E-state index in [9.17, 15) is 4.39 Å². The summed E-state index contributed by atoms with van der Waals surface area (Å²) in [7, 11) is 0. The molecule has 2 aromatic rings. The van der Waals surface area contributed by atoms with Gasteiger partial charge < -0.3 is 5.11 Å². The molecular formula is C10H5ClFO. The van der Waals surface area contributed by atoms with Gasteiger partial charge in [-0.3, -0.25) is 0 Å². The molecule has 0 saturated heterocycles. The second-order valence-electron chi connectivity index (χ2n) is 2.68. The van der Waals surface area contributed by atoms with Gasteiger partial charge in [0.2, 0.25) is 0 Å². The highest BCUT2D eigenvalue weighted by Gasteiger charge is 2.04. The first-order valence-corrected chi connectivity index (χ1v) is 4.04. The molecule has 0 bridgehead atoms. The van der Waals surface area contributed by atoms with Crippen LogP contribution in [0.15, 0.2) is 24.3 Å². The summed E-state index contributed by atoms with van der Waals surface area (Å²) in [5, 5.41) is 10.3. The molecule has 0 unspecified atom stereocenters. The van der Waals surface area contributed by atoms with E-state index in [1.165, 1.54) is 18.2 Å². The van der Waals surface area contributed by atoms with Crippen molar-refractivity contribution in [1.82, 2.24) is 0 Å². The molecule has 1 radical (unpaired) electrons. The molecule has 0 aliphatic rings. The number of fused-ring (bicyclic) bond motifs is 1. The highest BCUT2D eigenvalue weighted by Crippen LogP contribution is 2.27. The lowest BCUT2D eigenvalue weighted by atomic mass is 10.1. The maximum atomic E-state index is 12.9. The van der Waals surface area contributed by atoms with Crippen LogP contribution in [-0.2, 0) is 0 Å². The van der Waals surface area contributed by atoms with Gasteiger partial charge in [-0.1, -0.05) is 17.7 Å². The third kappa shape index (κ3) is 1.33. The molecule has 0 fully saturated rings. The van der Waals surface area contributed by atoms with Crippen LogP contribution < -0.4 is 0 Å². The molecule has 1 nitrogen and oxygen atoms in total. The molecule has 1 N–H and O–H groups in total. The SMILES string of the molecule is Oc1c[c]c2c(Cl)c(F)ccc2c1. The van der Waals surface area contributed by atoms with E-state index in [2.05, 4.69) is 6.07 Å². The standard InChI is InChI=1S/C10H5ClFO/c11-10-8-3-2-7(13)5-6(8)1-4-9(10)12/h1-2,4-5,13H. The Kier molecular flexibility index (Phi) is 1.85. The van der Waals surface area contributed by atoms with Gasteiger partial charge >= 0.3 is 0 Å². The predicted octanol–water partition coefficient (Wildman–Crippen LogP) is 3.14. The summed E-state index contributed by atoms with van der Waals surface area (Å²) in [5.74, 6) is -0.383. The molecule has 0 aliphatic carbocycles. The van der Waals surface area contributed by atoms with Gasteiger partial charge in [-0.25, -0.2) is 4.39 Å². The molecule has 65 valence electrons. The lowest BCUT2D eigenvalue weighted by molar-refractivity contribution is 0.476. The molecule has 0 atom stereocenters. The number of aromatic hydroxyl groups is 1. The Morgan fingerprint density at radius 1 is 1.38 bits per heavy atom. The van der Waals surface area contributed by atoms with Gasteiger partial charge in [0.05, 0.1) is 5.02 Å². The van der Waals surface area contributed by atoms with E-state index in [-0.39, 0.29) is 10.8 Å². The maximum absolute atomic E-state index is 12.9. The van der Waals surface area contributed by atoms with Gasteiger partial charge in [-0.15, -0.1) is 0 Å². The molecule has 0 aliphatic heterocycles. The Morgan fingerprint density at radius 3 is 2.92 bits per heavy atom. The fraction of sp³-hybridized carbons (Fsp3) is 0. The van der Waals surface area contributed by atoms with Crippen molar-refractivity contribution in [2.45, 2.75) is 0 Å². The summed E-state index contributed by atoms with van der Waals surface area (Å²) < 4.78 is 12.9. The third-order valence-electron chi connectivity index (χ3n) is 1.79. The lowest BCUT2D eigenvalue weighted by Gasteiger charge is -2.01. The first kappa shape index (κ1) is 8.32. The summed E-state index contributed by atoms with van der Waals surface area (Å²) in [5.41, 5.74) is 0. The number of phenolic OH excluding ortho intramolecular Hbond substituents is 1. The summed E-state index contributed by atoms with van der Waals surface area (Å²) in [6.07, 6.45) is 0. The highest BCUT2D eigenvalue weighted by atomic mass is 35.5. The van der Waals surface area contributed by atoms with E-state index in [1.54, 1.807) is 6.07 Å². The van der Waals surface area contributed by atoms with Crippen molar-refractivity contribution in [2.24, 2.45) is 0 Å². The summed E-state index contributed by atoms with van der Waals surface area (Å²) in [6.45, 7) is 0. The van der Waals surface area contributed by atoms with Gasteiger partial charge in [-0.05, 0) is 29.7 Å². The van der Waals surface area contributed by atoms with Crippen molar-refractivity contribution in [1.29, 1.82) is 0 Å². The Labute approximate surface area is 79.4 Å². The van der Waals surface area contributed by atoms with Crippen molar-refractivity contribution >= 4 is 22.4 Å². The van der Waals surface area contributed by atoms with Crippen LogP contribution in [0.25, 0.3) is 10.8 Å². The van der Waals surface area contributed by atoms with Gasteiger partial charge in [0, 0.05) is 5.39 Å². The minimum atomic E-state index is -0.476. The molecule has 0 saturated carbocycles. The van der Waals surface area contributed by atoms with Crippen molar-refractivity contribution in [3.63, 3.8) is 0 Å². The second-order valence-corrected chi connectivity index (χ2v) is 3.06. The Bertz CT molecular complexity index is 468. The zero-order valence-electron chi connectivity index (χ0n) is 6.51. The minimum absolute atomic E-state index is 0.0394. The number of hydrogen-bond donors (Lipinski definition) is 1. The first-order valence-electron chi connectivity index (χ1n) is 3.67. The number of phenols is 1. The number of hydrogen-bond acceptors (Lipinski definition) is 1. The van der Waals surface area contributed by atoms with Crippen LogP contribution in [0.5, 0.6) is 5.75 Å². The molecular weight excluding hydrogens is 191 g/mol. The molecule has 0 amide bonds. The quantitative estimate of drug-likeness (QED) is 0.685. The number of benzene rings is 2. The highest BCUT2D eigenvalue weighted by molar-refractivity contribution is 6.35. The first-order chi connectivity index (χ1) is 6.18. The van der Waals surface area contributed by atoms with E-state index in [4.69, 9.17) is 16.7 Å². The zero-order chi connectivity index (χ0) is 9.42. The molecule has 13 heavy (non-hydrogen) atoms. The third-order valence-corrected chi connectivity index (χ3v) is 2.16. The van der Waals surface area contributed by atoms with E-state index < -0.39 is 5.82 Å². The Hall–Kier alpha value is -1.28. The van der Waals surface area contributed by atoms with Crippen LogP contribution in [0.2, 0.25) is 5.02 Å². The van der Waals surface area contributed by atoms with Crippen molar-refractivity contribution in [2.75, 3.05) is 0 Å². The minimum Gasteiger partial charge on any atom is -0.508 e. The molecule has 2 rings (SSSR count). The van der Waals surface area contributed by atoms with E-state index in [0.717, 1.165) is 0 Å². The Morgan fingerprint density at radius 2 is 2.15 bits per heavy atom. The van der Waals surface area contributed by atoms with Gasteiger partial charge in [0.15, 0.2) is 0 Å². The van der Waals surface area contributed by atoms with E-state index in [1.807, 2.05) is 0 Å². The summed E-state index contributed by atoms with van der Waals surface area (Å²) in [6, 6.07) is 8.38. The fourth-order valence-electron chi connectivity index (χ4n) is 1.18. The van der Waals surface area contributed by atoms with Crippen LogP contribution in [0.1, 0.15) is 0 Å². The van der Waals surface area contributed by atoms with Crippen molar-refractivity contribution in [3.05, 3.63) is 41.2 Å². The second kappa shape index (κ2) is 2.89. The van der Waals surface area contributed by atoms with Crippen LogP contribution in [0.3, 0.4) is 0 Å². The molecule has 2 aromatic carbocycles. The van der Waals surface area contributed by atoms with E-state index in [0.29, 0.717) is 10.8 Å². The largest absolute Gasteiger partial charge is 0.508 e. The summed E-state index contributed by atoms with van der Waals surface area (Å²) in [4.78, 5) is 0. The molecule has 0 heterocycles. The molecule has 3 heteroatoms. The van der Waals surface area contributed by atoms with Crippen molar-refractivity contribution in [3.8, 4) is 5.75 Å². The number of halogens is 2.